The maximum Gasteiger partial charge on any atom is -0.0264 e. The Morgan fingerprint density at radius 2 is 1.73 bits per heavy atom. The lowest BCUT2D eigenvalue weighted by Crippen LogP contribution is -2.11. The quantitative estimate of drug-likeness (QED) is 0.538. The molecular formula is C11H20. The molecule has 2 aliphatic rings. The van der Waals surface area contributed by atoms with E-state index in [0.29, 0.717) is 0 Å². The molecule has 0 saturated heterocycles. The molecule has 0 aromatic heterocycles. The first kappa shape index (κ1) is 7.64. The van der Waals surface area contributed by atoms with Crippen LogP contribution >= 0.6 is 0 Å². The minimum Gasteiger partial charge on any atom is -0.0625 e. The highest BCUT2D eigenvalue weighted by Crippen LogP contribution is 2.64. The van der Waals surface area contributed by atoms with Crippen LogP contribution in [0.4, 0.5) is 0 Å². The molecule has 0 N–H and O–H groups in total. The highest BCUT2D eigenvalue weighted by molar-refractivity contribution is 5.04. The summed E-state index contributed by atoms with van der Waals surface area (Å²) in [5.74, 6) is 2.05. The summed E-state index contributed by atoms with van der Waals surface area (Å²) in [5, 5.41) is 0. The van der Waals surface area contributed by atoms with Gasteiger partial charge in [-0.1, -0.05) is 33.1 Å². The molecule has 0 aromatic carbocycles. The van der Waals surface area contributed by atoms with E-state index >= 15 is 0 Å². The average molecular weight is 152 g/mol. The maximum atomic E-state index is 2.40. The van der Waals surface area contributed by atoms with Crippen molar-refractivity contribution in [3.05, 3.63) is 0 Å². The van der Waals surface area contributed by atoms with Gasteiger partial charge in [0.05, 0.1) is 0 Å². The molecule has 1 atom stereocenters. The molecule has 0 nitrogen and oxygen atoms in total. The summed E-state index contributed by atoms with van der Waals surface area (Å²) >= 11 is 0. The second-order valence-corrected chi connectivity index (χ2v) is 4.98. The molecule has 1 unspecified atom stereocenters. The normalized spacial score (nSPS) is 34.6. The Morgan fingerprint density at radius 1 is 1.09 bits per heavy atom. The SMILES string of the molecule is CC(C)C1CC12CCCCC2. The number of hydrogen-bond acceptors (Lipinski definition) is 0. The minimum absolute atomic E-state index is 0.867. The van der Waals surface area contributed by atoms with E-state index in [2.05, 4.69) is 13.8 Å². The van der Waals surface area contributed by atoms with E-state index in [9.17, 15) is 0 Å². The van der Waals surface area contributed by atoms with Crippen LogP contribution in [0.1, 0.15) is 52.4 Å². The first-order chi connectivity index (χ1) is 5.25. The van der Waals surface area contributed by atoms with Crippen LogP contribution in [-0.2, 0) is 0 Å². The van der Waals surface area contributed by atoms with Crippen LogP contribution in [0, 0.1) is 17.3 Å². The summed E-state index contributed by atoms with van der Waals surface area (Å²) in [6, 6.07) is 0. The molecule has 0 heteroatoms. The predicted octanol–water partition coefficient (Wildman–Crippen LogP) is 3.61. The predicted molar refractivity (Wildman–Crippen MR) is 48.5 cm³/mol. The summed E-state index contributed by atoms with van der Waals surface area (Å²) in [4.78, 5) is 0. The summed E-state index contributed by atoms with van der Waals surface area (Å²) in [6.45, 7) is 4.79. The molecule has 2 fully saturated rings. The average Bonchev–Trinajstić information content (AvgIpc) is 2.66. The molecule has 2 rings (SSSR count). The Kier molecular flexibility index (Phi) is 1.74. The third-order valence-corrected chi connectivity index (χ3v) is 3.91. The lowest BCUT2D eigenvalue weighted by Gasteiger charge is -2.23. The molecule has 0 amide bonds. The Hall–Kier alpha value is 0. The van der Waals surface area contributed by atoms with E-state index in [-0.39, 0.29) is 0 Å². The molecule has 0 bridgehead atoms. The Balaban J connectivity index is 1.93. The first-order valence-electron chi connectivity index (χ1n) is 5.25. The highest BCUT2D eigenvalue weighted by Gasteiger charge is 2.54. The Bertz CT molecular complexity index is 140. The van der Waals surface area contributed by atoms with E-state index in [1.165, 1.54) is 19.3 Å². The van der Waals surface area contributed by atoms with Crippen LogP contribution in [0.25, 0.3) is 0 Å². The second kappa shape index (κ2) is 2.50. The molecule has 2 aliphatic carbocycles. The number of rotatable bonds is 1. The summed E-state index contributed by atoms with van der Waals surface area (Å²) in [5.41, 5.74) is 0.867. The van der Waals surface area contributed by atoms with Crippen molar-refractivity contribution in [3.63, 3.8) is 0 Å². The van der Waals surface area contributed by atoms with Crippen LogP contribution in [0.15, 0.2) is 0 Å². The molecule has 0 aromatic rings. The number of hydrogen-bond donors (Lipinski definition) is 0. The summed E-state index contributed by atoms with van der Waals surface area (Å²) in [7, 11) is 0. The van der Waals surface area contributed by atoms with Gasteiger partial charge < -0.3 is 0 Å². The van der Waals surface area contributed by atoms with E-state index in [1.54, 1.807) is 19.3 Å². The molecule has 0 heterocycles. The first-order valence-corrected chi connectivity index (χ1v) is 5.25. The van der Waals surface area contributed by atoms with Crippen molar-refractivity contribution >= 4 is 0 Å². The lowest BCUT2D eigenvalue weighted by atomic mass is 9.82. The Morgan fingerprint density at radius 3 is 2.18 bits per heavy atom. The van der Waals surface area contributed by atoms with Gasteiger partial charge in [0.2, 0.25) is 0 Å². The van der Waals surface area contributed by atoms with Crippen LogP contribution in [0.2, 0.25) is 0 Å². The third-order valence-electron chi connectivity index (χ3n) is 3.91. The van der Waals surface area contributed by atoms with Gasteiger partial charge in [-0.15, -0.1) is 0 Å². The van der Waals surface area contributed by atoms with Gasteiger partial charge in [-0.05, 0) is 36.5 Å². The summed E-state index contributed by atoms with van der Waals surface area (Å²) in [6.07, 6.45) is 9.20. The van der Waals surface area contributed by atoms with Gasteiger partial charge in [0.25, 0.3) is 0 Å². The third kappa shape index (κ3) is 1.21. The fourth-order valence-corrected chi connectivity index (χ4v) is 3.15. The molecule has 64 valence electrons. The molecule has 0 radical (unpaired) electrons. The van der Waals surface area contributed by atoms with Crippen molar-refractivity contribution < 1.29 is 0 Å². The van der Waals surface area contributed by atoms with Crippen LogP contribution < -0.4 is 0 Å². The van der Waals surface area contributed by atoms with Crippen LogP contribution in [0.5, 0.6) is 0 Å². The highest BCUT2D eigenvalue weighted by atomic mass is 14.6. The molecule has 2 saturated carbocycles. The van der Waals surface area contributed by atoms with Gasteiger partial charge in [0.15, 0.2) is 0 Å². The van der Waals surface area contributed by atoms with Crippen molar-refractivity contribution in [2.45, 2.75) is 52.4 Å². The molecule has 1 spiro atoms. The van der Waals surface area contributed by atoms with Crippen molar-refractivity contribution in [1.82, 2.24) is 0 Å². The van der Waals surface area contributed by atoms with Crippen molar-refractivity contribution in [3.8, 4) is 0 Å². The van der Waals surface area contributed by atoms with E-state index < -0.39 is 0 Å². The smallest absolute Gasteiger partial charge is 0.0264 e. The topological polar surface area (TPSA) is 0 Å². The van der Waals surface area contributed by atoms with E-state index in [4.69, 9.17) is 0 Å². The summed E-state index contributed by atoms with van der Waals surface area (Å²) < 4.78 is 0. The van der Waals surface area contributed by atoms with Crippen LogP contribution in [0.3, 0.4) is 0 Å². The largest absolute Gasteiger partial charge is 0.0625 e. The van der Waals surface area contributed by atoms with Gasteiger partial charge in [-0.2, -0.15) is 0 Å². The fourth-order valence-electron chi connectivity index (χ4n) is 3.15. The zero-order valence-electron chi connectivity index (χ0n) is 7.90. The fraction of sp³-hybridized carbons (Fsp3) is 1.00. The lowest BCUT2D eigenvalue weighted by molar-refractivity contribution is 0.283. The van der Waals surface area contributed by atoms with Gasteiger partial charge >= 0.3 is 0 Å². The van der Waals surface area contributed by atoms with Gasteiger partial charge in [0.1, 0.15) is 0 Å². The standard InChI is InChI=1S/C11H20/c1-9(2)10-8-11(10)6-4-3-5-7-11/h9-10H,3-8H2,1-2H3. The molecule has 0 aliphatic heterocycles. The second-order valence-electron chi connectivity index (χ2n) is 4.98. The minimum atomic E-state index is 0.867. The van der Waals surface area contributed by atoms with Gasteiger partial charge in [-0.3, -0.25) is 0 Å². The zero-order valence-corrected chi connectivity index (χ0v) is 7.90. The van der Waals surface area contributed by atoms with E-state index in [0.717, 1.165) is 17.3 Å². The Labute approximate surface area is 70.4 Å². The van der Waals surface area contributed by atoms with E-state index in [1.807, 2.05) is 0 Å². The zero-order chi connectivity index (χ0) is 7.90. The monoisotopic (exact) mass is 152 g/mol. The van der Waals surface area contributed by atoms with Crippen molar-refractivity contribution in [2.75, 3.05) is 0 Å². The molecule has 11 heavy (non-hydrogen) atoms. The van der Waals surface area contributed by atoms with Gasteiger partial charge in [0, 0.05) is 0 Å². The van der Waals surface area contributed by atoms with Crippen molar-refractivity contribution in [1.29, 1.82) is 0 Å². The van der Waals surface area contributed by atoms with Crippen molar-refractivity contribution in [2.24, 2.45) is 17.3 Å². The molecular weight excluding hydrogens is 132 g/mol. The maximum absolute atomic E-state index is 2.40. The van der Waals surface area contributed by atoms with Gasteiger partial charge in [-0.25, -0.2) is 0 Å². The van der Waals surface area contributed by atoms with Crippen LogP contribution in [-0.4, -0.2) is 0 Å².